The van der Waals surface area contributed by atoms with Crippen molar-refractivity contribution in [3.63, 3.8) is 0 Å². The number of hydrogen-bond acceptors (Lipinski definition) is 6. The maximum atomic E-state index is 12.3. The van der Waals surface area contributed by atoms with E-state index in [0.717, 1.165) is 74.1 Å². The summed E-state index contributed by atoms with van der Waals surface area (Å²) in [5.74, 6) is 2.90. The highest BCUT2D eigenvalue weighted by atomic mass is 32.2. The van der Waals surface area contributed by atoms with Crippen molar-refractivity contribution in [2.45, 2.75) is 63.5 Å². The fourth-order valence-corrected chi connectivity index (χ4v) is 7.66. The number of fused-ring (bicyclic) bond motifs is 3. The van der Waals surface area contributed by atoms with E-state index in [0.29, 0.717) is 12.0 Å². The minimum absolute atomic E-state index is 0.285. The van der Waals surface area contributed by atoms with Crippen LogP contribution in [0.1, 0.15) is 55.4 Å². The normalized spacial score (nSPS) is 28.5. The van der Waals surface area contributed by atoms with Gasteiger partial charge in [-0.05, 0) is 56.1 Å². The van der Waals surface area contributed by atoms with E-state index < -0.39 is 10.8 Å². The molecule has 1 saturated carbocycles. The summed E-state index contributed by atoms with van der Waals surface area (Å²) < 4.78 is 24.4. The van der Waals surface area contributed by atoms with Gasteiger partial charge >= 0.3 is 0 Å². The molecule has 3 heterocycles. The van der Waals surface area contributed by atoms with Crippen molar-refractivity contribution < 1.29 is 13.7 Å². The number of thiophene rings is 1. The van der Waals surface area contributed by atoms with Crippen molar-refractivity contribution in [2.24, 2.45) is 0 Å². The average molecular weight is 449 g/mol. The van der Waals surface area contributed by atoms with Crippen LogP contribution in [0.3, 0.4) is 0 Å². The Balaban J connectivity index is 1.31. The van der Waals surface area contributed by atoms with Gasteiger partial charge in [-0.15, -0.1) is 11.3 Å². The molecule has 0 radical (unpaired) electrons. The van der Waals surface area contributed by atoms with Gasteiger partial charge in [-0.2, -0.15) is 0 Å². The summed E-state index contributed by atoms with van der Waals surface area (Å²) in [7, 11) is -0.741. The Kier molecular flexibility index (Phi) is 6.42. The van der Waals surface area contributed by atoms with Gasteiger partial charge in [-0.1, -0.05) is 6.92 Å². The first-order valence-corrected chi connectivity index (χ1v) is 13.8. The molecule has 2 aromatic heterocycles. The standard InChI is InChI=1S/C23H32N2O3S2/c1-2-30(26)15-16-3-8-20-21(16)22-19(9-10-24-23(22)29-20)28-18-6-4-17(5-7-18)25-11-13-27-14-12-25/h9-10,16-18H,2-8,11-15H2,1H3/t16-,17?,18?,30+/m1/s1. The van der Waals surface area contributed by atoms with E-state index in [1.54, 1.807) is 0 Å². The zero-order valence-corrected chi connectivity index (χ0v) is 19.4. The predicted octanol–water partition coefficient (Wildman–Crippen LogP) is 4.12. The van der Waals surface area contributed by atoms with Crippen LogP contribution in [0.2, 0.25) is 0 Å². The first-order chi connectivity index (χ1) is 14.7. The second kappa shape index (κ2) is 9.23. The largest absolute Gasteiger partial charge is 0.490 e. The second-order valence-corrected chi connectivity index (χ2v) is 11.6. The van der Waals surface area contributed by atoms with Gasteiger partial charge in [-0.3, -0.25) is 9.11 Å². The summed E-state index contributed by atoms with van der Waals surface area (Å²) >= 11 is 1.81. The molecule has 7 heteroatoms. The van der Waals surface area contributed by atoms with E-state index in [1.165, 1.54) is 28.7 Å². The monoisotopic (exact) mass is 448 g/mol. The topological polar surface area (TPSA) is 51.7 Å². The Morgan fingerprint density at radius 2 is 2.03 bits per heavy atom. The summed E-state index contributed by atoms with van der Waals surface area (Å²) in [4.78, 5) is 9.78. The molecule has 164 valence electrons. The van der Waals surface area contributed by atoms with Crippen molar-refractivity contribution in [1.29, 1.82) is 0 Å². The van der Waals surface area contributed by atoms with Gasteiger partial charge in [0.2, 0.25) is 0 Å². The van der Waals surface area contributed by atoms with E-state index in [2.05, 4.69) is 16.0 Å². The molecule has 1 saturated heterocycles. The van der Waals surface area contributed by atoms with Crippen molar-refractivity contribution >= 4 is 32.4 Å². The molecule has 0 N–H and O–H groups in total. The Morgan fingerprint density at radius 3 is 2.80 bits per heavy atom. The quantitative estimate of drug-likeness (QED) is 0.665. The van der Waals surface area contributed by atoms with Gasteiger partial charge in [0.15, 0.2) is 0 Å². The first-order valence-electron chi connectivity index (χ1n) is 11.5. The Bertz CT molecular complexity index is 901. The number of nitrogens with zero attached hydrogens (tertiary/aromatic N) is 2. The summed E-state index contributed by atoms with van der Waals surface area (Å²) in [6.07, 6.45) is 9.02. The predicted molar refractivity (Wildman–Crippen MR) is 123 cm³/mol. The van der Waals surface area contributed by atoms with E-state index >= 15 is 0 Å². The number of ether oxygens (including phenoxy) is 2. The number of morpholine rings is 1. The van der Waals surface area contributed by atoms with Gasteiger partial charge in [0, 0.05) is 52.5 Å². The number of pyridine rings is 1. The molecule has 2 fully saturated rings. The van der Waals surface area contributed by atoms with Gasteiger partial charge in [0.25, 0.3) is 0 Å². The van der Waals surface area contributed by atoms with E-state index in [4.69, 9.17) is 9.47 Å². The molecule has 0 aromatic carbocycles. The third-order valence-corrected chi connectivity index (χ3v) is 9.60. The lowest BCUT2D eigenvalue weighted by atomic mass is 9.91. The Morgan fingerprint density at radius 1 is 1.23 bits per heavy atom. The van der Waals surface area contributed by atoms with Crippen molar-refractivity contribution in [2.75, 3.05) is 37.8 Å². The molecular formula is C23H32N2O3S2. The average Bonchev–Trinajstić information content (AvgIpc) is 3.35. The molecule has 1 aliphatic heterocycles. The maximum Gasteiger partial charge on any atom is 0.131 e. The SMILES string of the molecule is CC[S@](=O)C[C@H]1CCc2sc3nccc(OC4CCC(N5CCOCC5)CC4)c3c21. The molecule has 2 aliphatic carbocycles. The first kappa shape index (κ1) is 20.9. The molecule has 0 bridgehead atoms. The second-order valence-electron chi connectivity index (χ2n) is 8.76. The van der Waals surface area contributed by atoms with Crippen molar-refractivity contribution in [3.8, 4) is 5.75 Å². The van der Waals surface area contributed by atoms with E-state index in [1.807, 2.05) is 24.5 Å². The molecule has 30 heavy (non-hydrogen) atoms. The van der Waals surface area contributed by atoms with Crippen LogP contribution < -0.4 is 4.74 Å². The van der Waals surface area contributed by atoms with Crippen LogP contribution in [0, 0.1) is 0 Å². The number of aryl methyl sites for hydroxylation is 1. The molecule has 2 atom stereocenters. The highest BCUT2D eigenvalue weighted by Gasteiger charge is 2.32. The molecule has 5 rings (SSSR count). The molecular weight excluding hydrogens is 416 g/mol. The number of hydrogen-bond donors (Lipinski definition) is 0. The van der Waals surface area contributed by atoms with Crippen molar-refractivity contribution in [3.05, 3.63) is 22.7 Å². The molecule has 0 unspecified atom stereocenters. The summed E-state index contributed by atoms with van der Waals surface area (Å²) in [5.41, 5.74) is 1.39. The molecule has 5 nitrogen and oxygen atoms in total. The van der Waals surface area contributed by atoms with Gasteiger partial charge in [0.1, 0.15) is 10.6 Å². The molecule has 3 aliphatic rings. The van der Waals surface area contributed by atoms with Crippen LogP contribution in [0.4, 0.5) is 0 Å². The van der Waals surface area contributed by atoms with Crippen LogP contribution in [0.15, 0.2) is 12.3 Å². The van der Waals surface area contributed by atoms with Crippen molar-refractivity contribution in [1.82, 2.24) is 9.88 Å². The minimum Gasteiger partial charge on any atom is -0.490 e. The number of rotatable bonds is 6. The fraction of sp³-hybridized carbons (Fsp3) is 0.696. The van der Waals surface area contributed by atoms with Gasteiger partial charge in [0.05, 0.1) is 24.7 Å². The van der Waals surface area contributed by atoms with E-state index in [9.17, 15) is 4.21 Å². The van der Waals surface area contributed by atoms with Crippen LogP contribution in [-0.2, 0) is 22.0 Å². The lowest BCUT2D eigenvalue weighted by Gasteiger charge is -2.38. The smallest absolute Gasteiger partial charge is 0.131 e. The minimum atomic E-state index is -0.741. The van der Waals surface area contributed by atoms with Crippen LogP contribution in [0.25, 0.3) is 10.2 Å². The van der Waals surface area contributed by atoms with Crippen LogP contribution in [0.5, 0.6) is 5.75 Å². The summed E-state index contributed by atoms with van der Waals surface area (Å²) in [6, 6.07) is 2.74. The lowest BCUT2D eigenvalue weighted by molar-refractivity contribution is -0.000919. The zero-order valence-electron chi connectivity index (χ0n) is 17.8. The molecule has 0 amide bonds. The zero-order chi connectivity index (χ0) is 20.5. The summed E-state index contributed by atoms with van der Waals surface area (Å²) in [5, 5.41) is 1.21. The molecule has 2 aromatic rings. The Labute approximate surface area is 185 Å². The van der Waals surface area contributed by atoms with Gasteiger partial charge < -0.3 is 9.47 Å². The van der Waals surface area contributed by atoms with Crippen LogP contribution in [-0.4, -0.2) is 64.0 Å². The van der Waals surface area contributed by atoms with Gasteiger partial charge in [-0.25, -0.2) is 4.98 Å². The maximum absolute atomic E-state index is 12.3. The third-order valence-electron chi connectivity index (χ3n) is 7.00. The number of aromatic nitrogens is 1. The highest BCUT2D eigenvalue weighted by Crippen LogP contribution is 2.47. The van der Waals surface area contributed by atoms with E-state index in [-0.39, 0.29) is 6.10 Å². The molecule has 0 spiro atoms. The lowest BCUT2D eigenvalue weighted by Crippen LogP contribution is -2.46. The summed E-state index contributed by atoms with van der Waals surface area (Å²) in [6.45, 7) is 5.91. The fourth-order valence-electron chi connectivity index (χ4n) is 5.39. The van der Waals surface area contributed by atoms with Crippen LogP contribution >= 0.6 is 11.3 Å². The Hall–Kier alpha value is -1.02. The third kappa shape index (κ3) is 4.18. The highest BCUT2D eigenvalue weighted by molar-refractivity contribution is 7.84.